The van der Waals surface area contributed by atoms with Gasteiger partial charge in [-0.2, -0.15) is 0 Å². The van der Waals surface area contributed by atoms with E-state index in [4.69, 9.17) is 0 Å². The molecule has 2 N–H and O–H groups in total. The van der Waals surface area contributed by atoms with E-state index in [2.05, 4.69) is 26.6 Å². The Balaban J connectivity index is 1.84. The van der Waals surface area contributed by atoms with Gasteiger partial charge in [-0.1, -0.05) is 28.8 Å². The lowest BCUT2D eigenvalue weighted by Crippen LogP contribution is -2.48. The molecule has 0 unspecified atom stereocenters. The number of likely N-dealkylation sites (N-methyl/N-ethyl adjacent to an activating group) is 1. The molecule has 0 saturated heterocycles. The van der Waals surface area contributed by atoms with Crippen molar-refractivity contribution >= 4 is 33.4 Å². The minimum Gasteiger partial charge on any atom is -0.352 e. The van der Waals surface area contributed by atoms with E-state index in [1.54, 1.807) is 11.9 Å². The van der Waals surface area contributed by atoms with Crippen LogP contribution in [0.2, 0.25) is 0 Å². The molecular formula is C18H26BrN3O2. The fourth-order valence-electron chi connectivity index (χ4n) is 2.91. The number of carbonyl (C=O) groups is 2. The number of hydrogen-bond donors (Lipinski definition) is 2. The molecule has 0 spiro atoms. The number of benzene rings is 1. The van der Waals surface area contributed by atoms with Gasteiger partial charge >= 0.3 is 0 Å². The summed E-state index contributed by atoms with van der Waals surface area (Å²) in [7, 11) is 1.80. The maximum Gasteiger partial charge on any atom is 0.238 e. The van der Waals surface area contributed by atoms with Gasteiger partial charge in [0.15, 0.2) is 0 Å². The maximum absolute atomic E-state index is 12.3. The van der Waals surface area contributed by atoms with Gasteiger partial charge in [-0.15, -0.1) is 0 Å². The van der Waals surface area contributed by atoms with Crippen LogP contribution in [0.25, 0.3) is 0 Å². The van der Waals surface area contributed by atoms with Crippen LogP contribution in [-0.4, -0.2) is 42.4 Å². The highest BCUT2D eigenvalue weighted by Gasteiger charge is 2.24. The second kappa shape index (κ2) is 8.62. The minimum absolute atomic E-state index is 0.00276. The molecule has 1 aliphatic rings. The number of carbonyl (C=O) groups excluding carboxylic acids is 2. The highest BCUT2D eigenvalue weighted by Crippen LogP contribution is 2.20. The van der Waals surface area contributed by atoms with E-state index in [1.807, 2.05) is 32.0 Å². The van der Waals surface area contributed by atoms with Crippen molar-refractivity contribution in [3.8, 4) is 0 Å². The van der Waals surface area contributed by atoms with Crippen LogP contribution in [0, 0.1) is 6.92 Å². The third-order valence-corrected chi connectivity index (χ3v) is 5.09. The average Bonchev–Trinajstić information content (AvgIpc) is 3.02. The number of hydrogen-bond acceptors (Lipinski definition) is 3. The zero-order valence-corrected chi connectivity index (χ0v) is 16.1. The van der Waals surface area contributed by atoms with Gasteiger partial charge in [-0.25, -0.2) is 0 Å². The molecule has 1 fully saturated rings. The molecule has 0 aliphatic heterocycles. The molecule has 0 radical (unpaired) electrons. The molecule has 6 heteroatoms. The molecule has 5 nitrogen and oxygen atoms in total. The fourth-order valence-corrected chi connectivity index (χ4v) is 3.39. The quantitative estimate of drug-likeness (QED) is 0.777. The van der Waals surface area contributed by atoms with Crippen molar-refractivity contribution in [2.24, 2.45) is 0 Å². The van der Waals surface area contributed by atoms with Gasteiger partial charge < -0.3 is 10.6 Å². The smallest absolute Gasteiger partial charge is 0.238 e. The van der Waals surface area contributed by atoms with Crippen molar-refractivity contribution in [2.75, 3.05) is 18.9 Å². The summed E-state index contributed by atoms with van der Waals surface area (Å²) in [5, 5.41) is 5.98. The summed E-state index contributed by atoms with van der Waals surface area (Å²) in [6, 6.07) is 5.68. The van der Waals surface area contributed by atoms with Gasteiger partial charge in [0.05, 0.1) is 12.6 Å². The van der Waals surface area contributed by atoms with E-state index in [-0.39, 0.29) is 24.4 Å². The summed E-state index contributed by atoms with van der Waals surface area (Å²) >= 11 is 3.41. The molecule has 0 heterocycles. The molecular weight excluding hydrogens is 370 g/mol. The Morgan fingerprint density at radius 3 is 2.62 bits per heavy atom. The van der Waals surface area contributed by atoms with Gasteiger partial charge in [0.2, 0.25) is 11.8 Å². The molecule has 1 atom stereocenters. The lowest BCUT2D eigenvalue weighted by atomic mass is 10.2. The van der Waals surface area contributed by atoms with Crippen molar-refractivity contribution in [1.29, 1.82) is 0 Å². The van der Waals surface area contributed by atoms with Crippen LogP contribution in [0.4, 0.5) is 5.69 Å². The Morgan fingerprint density at radius 2 is 2.00 bits per heavy atom. The SMILES string of the molecule is Cc1cc(Br)ccc1NC(=O)CN(C)[C@@H](C)C(=O)NC1CCCC1. The van der Waals surface area contributed by atoms with Crippen molar-refractivity contribution in [1.82, 2.24) is 10.2 Å². The van der Waals surface area contributed by atoms with Crippen LogP contribution in [0.15, 0.2) is 22.7 Å². The first-order chi connectivity index (χ1) is 11.4. The van der Waals surface area contributed by atoms with E-state index in [1.165, 1.54) is 12.8 Å². The van der Waals surface area contributed by atoms with Crippen LogP contribution in [0.1, 0.15) is 38.2 Å². The summed E-state index contributed by atoms with van der Waals surface area (Å²) in [5.74, 6) is -0.125. The predicted octanol–water partition coefficient (Wildman–Crippen LogP) is 3.08. The molecule has 1 aromatic carbocycles. The topological polar surface area (TPSA) is 61.4 Å². The first-order valence-electron chi connectivity index (χ1n) is 8.43. The monoisotopic (exact) mass is 395 g/mol. The summed E-state index contributed by atoms with van der Waals surface area (Å²) in [4.78, 5) is 26.3. The number of halogens is 1. The number of nitrogens with zero attached hydrogens (tertiary/aromatic N) is 1. The summed E-state index contributed by atoms with van der Waals surface area (Å²) in [5.41, 5.74) is 1.78. The highest BCUT2D eigenvalue weighted by atomic mass is 79.9. The molecule has 132 valence electrons. The van der Waals surface area contributed by atoms with Gasteiger partial charge in [-0.05, 0) is 57.5 Å². The zero-order chi connectivity index (χ0) is 17.7. The van der Waals surface area contributed by atoms with Crippen LogP contribution >= 0.6 is 15.9 Å². The van der Waals surface area contributed by atoms with Gasteiger partial charge in [-0.3, -0.25) is 14.5 Å². The van der Waals surface area contributed by atoms with Crippen molar-refractivity contribution in [2.45, 2.75) is 51.6 Å². The zero-order valence-electron chi connectivity index (χ0n) is 14.6. The molecule has 1 aromatic rings. The van der Waals surface area contributed by atoms with Gasteiger partial charge in [0.1, 0.15) is 0 Å². The summed E-state index contributed by atoms with van der Waals surface area (Å²) < 4.78 is 0.979. The van der Waals surface area contributed by atoms with Crippen LogP contribution in [0.5, 0.6) is 0 Å². The highest BCUT2D eigenvalue weighted by molar-refractivity contribution is 9.10. The fraction of sp³-hybridized carbons (Fsp3) is 0.556. The summed E-state index contributed by atoms with van der Waals surface area (Å²) in [6.07, 6.45) is 4.49. The average molecular weight is 396 g/mol. The second-order valence-corrected chi connectivity index (χ2v) is 7.50. The van der Waals surface area contributed by atoms with E-state index in [0.29, 0.717) is 6.04 Å². The first kappa shape index (κ1) is 18.9. The summed E-state index contributed by atoms with van der Waals surface area (Å²) in [6.45, 7) is 3.96. The molecule has 1 saturated carbocycles. The number of aryl methyl sites for hydroxylation is 1. The van der Waals surface area contributed by atoms with E-state index in [9.17, 15) is 9.59 Å². The third kappa shape index (κ3) is 5.31. The predicted molar refractivity (Wildman–Crippen MR) is 100.0 cm³/mol. The Morgan fingerprint density at radius 1 is 1.33 bits per heavy atom. The Kier molecular flexibility index (Phi) is 6.80. The van der Waals surface area contributed by atoms with E-state index >= 15 is 0 Å². The number of amides is 2. The van der Waals surface area contributed by atoms with Crippen molar-refractivity contribution < 1.29 is 9.59 Å². The van der Waals surface area contributed by atoms with Crippen LogP contribution in [0.3, 0.4) is 0 Å². The van der Waals surface area contributed by atoms with E-state index in [0.717, 1.165) is 28.6 Å². The molecule has 0 bridgehead atoms. The van der Waals surface area contributed by atoms with Crippen LogP contribution < -0.4 is 10.6 Å². The third-order valence-electron chi connectivity index (χ3n) is 4.60. The standard InChI is InChI=1S/C18H26BrN3O2/c1-12-10-14(19)8-9-16(12)21-17(23)11-22(3)13(2)18(24)20-15-6-4-5-7-15/h8-10,13,15H,4-7,11H2,1-3H3,(H,20,24)(H,21,23)/t13-/m0/s1. The van der Waals surface area contributed by atoms with E-state index < -0.39 is 0 Å². The maximum atomic E-state index is 12.3. The molecule has 0 aromatic heterocycles. The Labute approximate surface area is 152 Å². The lowest BCUT2D eigenvalue weighted by Gasteiger charge is -2.25. The number of anilines is 1. The molecule has 24 heavy (non-hydrogen) atoms. The second-order valence-electron chi connectivity index (χ2n) is 6.59. The first-order valence-corrected chi connectivity index (χ1v) is 9.22. The Bertz CT molecular complexity index is 600. The number of rotatable bonds is 6. The normalized spacial score (nSPS) is 16.2. The van der Waals surface area contributed by atoms with Gasteiger partial charge in [0, 0.05) is 16.2 Å². The largest absolute Gasteiger partial charge is 0.352 e. The van der Waals surface area contributed by atoms with Crippen LogP contribution in [-0.2, 0) is 9.59 Å². The lowest BCUT2D eigenvalue weighted by molar-refractivity contribution is -0.127. The minimum atomic E-state index is -0.331. The molecule has 1 aliphatic carbocycles. The van der Waals surface area contributed by atoms with Crippen molar-refractivity contribution in [3.05, 3.63) is 28.2 Å². The van der Waals surface area contributed by atoms with Gasteiger partial charge in [0.25, 0.3) is 0 Å². The Hall–Kier alpha value is -1.40. The number of nitrogens with one attached hydrogen (secondary N) is 2. The molecule has 2 rings (SSSR count). The van der Waals surface area contributed by atoms with Crippen molar-refractivity contribution in [3.63, 3.8) is 0 Å². The molecule has 2 amide bonds.